The number of hydrogen-bond acceptors (Lipinski definition) is 2. The molecule has 0 bridgehead atoms. The summed E-state index contributed by atoms with van der Waals surface area (Å²) in [6.45, 7) is 5.71. The number of para-hydroxylation sites is 2. The molecule has 0 aromatic heterocycles. The van der Waals surface area contributed by atoms with Gasteiger partial charge in [0.15, 0.2) is 0 Å². The summed E-state index contributed by atoms with van der Waals surface area (Å²) in [7, 11) is 0. The largest absolute Gasteiger partial charge is 0.382 e. The molecule has 0 saturated carbocycles. The van der Waals surface area contributed by atoms with Crippen LogP contribution >= 0.6 is 0 Å². The molecule has 1 aromatic carbocycles. The first kappa shape index (κ1) is 13.3. The molecular weight excluding hydrogens is 220 g/mol. The van der Waals surface area contributed by atoms with Crippen molar-refractivity contribution in [2.24, 2.45) is 0 Å². The Bertz CT molecular complexity index is 349. The zero-order valence-electron chi connectivity index (χ0n) is 11.6. The van der Waals surface area contributed by atoms with Crippen LogP contribution in [0.4, 0.5) is 11.4 Å². The lowest BCUT2D eigenvalue weighted by atomic mass is 10.1. The minimum absolute atomic E-state index is 1.08. The van der Waals surface area contributed by atoms with Crippen molar-refractivity contribution in [2.45, 2.75) is 45.4 Å². The van der Waals surface area contributed by atoms with E-state index in [1.807, 2.05) is 0 Å². The molecule has 1 aromatic rings. The van der Waals surface area contributed by atoms with Crippen LogP contribution in [0.2, 0.25) is 0 Å². The second kappa shape index (κ2) is 7.30. The highest BCUT2D eigenvalue weighted by Crippen LogP contribution is 2.28. The third-order valence-corrected chi connectivity index (χ3v) is 3.72. The zero-order valence-corrected chi connectivity index (χ0v) is 11.6. The number of nitrogens with one attached hydrogen (secondary N) is 1. The molecular formula is C16H26N2. The van der Waals surface area contributed by atoms with E-state index < -0.39 is 0 Å². The average Bonchev–Trinajstić information content (AvgIpc) is 2.43. The van der Waals surface area contributed by atoms with Crippen LogP contribution in [0, 0.1) is 0 Å². The van der Waals surface area contributed by atoms with E-state index >= 15 is 0 Å². The number of rotatable bonds is 7. The summed E-state index contributed by atoms with van der Waals surface area (Å²) < 4.78 is 0. The lowest BCUT2D eigenvalue weighted by Gasteiger charge is -2.32. The van der Waals surface area contributed by atoms with Crippen LogP contribution in [0.3, 0.4) is 0 Å². The third-order valence-electron chi connectivity index (χ3n) is 3.72. The normalized spacial score (nSPS) is 14.2. The van der Waals surface area contributed by atoms with Gasteiger partial charge >= 0.3 is 0 Å². The molecule has 0 amide bonds. The highest BCUT2D eigenvalue weighted by atomic mass is 15.2. The third kappa shape index (κ3) is 3.66. The van der Waals surface area contributed by atoms with E-state index in [1.165, 1.54) is 56.4 Å². The lowest BCUT2D eigenvalue weighted by molar-refractivity contribution is 0.598. The van der Waals surface area contributed by atoms with Crippen molar-refractivity contribution in [2.75, 3.05) is 29.9 Å². The van der Waals surface area contributed by atoms with Gasteiger partial charge in [0.1, 0.15) is 0 Å². The molecule has 1 aliphatic rings. The van der Waals surface area contributed by atoms with Crippen molar-refractivity contribution in [3.8, 4) is 0 Å². The lowest BCUT2D eigenvalue weighted by Crippen LogP contribution is -2.34. The monoisotopic (exact) mass is 246 g/mol. The van der Waals surface area contributed by atoms with Crippen LogP contribution < -0.4 is 10.2 Å². The molecule has 1 N–H and O–H groups in total. The maximum atomic E-state index is 3.47. The number of unbranched alkanes of at least 4 members (excludes halogenated alkanes) is 5. The molecule has 18 heavy (non-hydrogen) atoms. The maximum Gasteiger partial charge on any atom is 0.0602 e. The van der Waals surface area contributed by atoms with Crippen LogP contribution in [0.5, 0.6) is 0 Å². The van der Waals surface area contributed by atoms with Crippen molar-refractivity contribution in [3.63, 3.8) is 0 Å². The molecule has 2 rings (SSSR count). The van der Waals surface area contributed by atoms with Gasteiger partial charge in [0, 0.05) is 19.6 Å². The topological polar surface area (TPSA) is 15.3 Å². The Morgan fingerprint density at radius 1 is 1.06 bits per heavy atom. The van der Waals surface area contributed by atoms with Crippen molar-refractivity contribution in [1.82, 2.24) is 0 Å². The van der Waals surface area contributed by atoms with Crippen LogP contribution in [0.15, 0.2) is 24.3 Å². The minimum atomic E-state index is 1.08. The Morgan fingerprint density at radius 2 is 1.83 bits per heavy atom. The highest BCUT2D eigenvalue weighted by molar-refractivity contribution is 5.71. The summed E-state index contributed by atoms with van der Waals surface area (Å²) in [5.41, 5.74) is 2.69. The summed E-state index contributed by atoms with van der Waals surface area (Å²) in [5.74, 6) is 0. The van der Waals surface area contributed by atoms with Crippen LogP contribution in [-0.4, -0.2) is 19.6 Å². The van der Waals surface area contributed by atoms with Crippen molar-refractivity contribution < 1.29 is 0 Å². The Labute approximate surface area is 111 Å². The highest BCUT2D eigenvalue weighted by Gasteiger charge is 2.14. The minimum Gasteiger partial charge on any atom is -0.382 e. The zero-order chi connectivity index (χ0) is 12.6. The van der Waals surface area contributed by atoms with E-state index in [1.54, 1.807) is 0 Å². The Balaban J connectivity index is 1.74. The van der Waals surface area contributed by atoms with E-state index in [-0.39, 0.29) is 0 Å². The van der Waals surface area contributed by atoms with Gasteiger partial charge in [-0.3, -0.25) is 0 Å². The predicted octanol–water partition coefficient (Wildman–Crippen LogP) is 4.28. The molecule has 100 valence electrons. The smallest absolute Gasteiger partial charge is 0.0602 e. The van der Waals surface area contributed by atoms with Crippen molar-refractivity contribution in [1.29, 1.82) is 0 Å². The molecule has 0 fully saturated rings. The van der Waals surface area contributed by atoms with Gasteiger partial charge in [-0.2, -0.15) is 0 Å². The van der Waals surface area contributed by atoms with Gasteiger partial charge in [-0.15, -0.1) is 0 Å². The van der Waals surface area contributed by atoms with Gasteiger partial charge in [-0.25, -0.2) is 0 Å². The molecule has 0 atom stereocenters. The predicted molar refractivity (Wildman–Crippen MR) is 80.5 cm³/mol. The van der Waals surface area contributed by atoms with Crippen LogP contribution in [0.1, 0.15) is 45.4 Å². The summed E-state index contributed by atoms with van der Waals surface area (Å²) in [5, 5.41) is 3.47. The van der Waals surface area contributed by atoms with Gasteiger partial charge in [0.25, 0.3) is 0 Å². The Kier molecular flexibility index (Phi) is 5.37. The van der Waals surface area contributed by atoms with E-state index in [4.69, 9.17) is 0 Å². The first-order valence-corrected chi connectivity index (χ1v) is 7.49. The van der Waals surface area contributed by atoms with Gasteiger partial charge in [0.05, 0.1) is 11.4 Å². The Hall–Kier alpha value is -1.18. The molecule has 0 spiro atoms. The fourth-order valence-corrected chi connectivity index (χ4v) is 2.66. The fraction of sp³-hybridized carbons (Fsp3) is 0.625. The molecule has 0 radical (unpaired) electrons. The molecule has 2 heteroatoms. The second-order valence-corrected chi connectivity index (χ2v) is 5.20. The summed E-state index contributed by atoms with van der Waals surface area (Å²) in [6.07, 6.45) is 8.27. The molecule has 0 saturated heterocycles. The van der Waals surface area contributed by atoms with Crippen molar-refractivity contribution >= 4 is 11.4 Å². The summed E-state index contributed by atoms with van der Waals surface area (Å²) in [6, 6.07) is 8.67. The molecule has 2 nitrogen and oxygen atoms in total. The average molecular weight is 246 g/mol. The van der Waals surface area contributed by atoms with Crippen LogP contribution in [-0.2, 0) is 0 Å². The molecule has 1 aliphatic heterocycles. The molecule has 0 unspecified atom stereocenters. The first-order valence-electron chi connectivity index (χ1n) is 7.49. The van der Waals surface area contributed by atoms with E-state index in [2.05, 4.69) is 41.4 Å². The Morgan fingerprint density at radius 3 is 2.72 bits per heavy atom. The molecule has 1 heterocycles. The summed E-state index contributed by atoms with van der Waals surface area (Å²) >= 11 is 0. The second-order valence-electron chi connectivity index (χ2n) is 5.20. The van der Waals surface area contributed by atoms with E-state index in [0.717, 1.165) is 13.1 Å². The van der Waals surface area contributed by atoms with Gasteiger partial charge in [0.2, 0.25) is 0 Å². The maximum absolute atomic E-state index is 3.47. The number of nitrogens with zero attached hydrogens (tertiary/aromatic N) is 1. The SMILES string of the molecule is CCCCCCCCN1CCNc2ccccc21. The number of fused-ring (bicyclic) bond motifs is 1. The molecule has 0 aliphatic carbocycles. The van der Waals surface area contributed by atoms with E-state index in [9.17, 15) is 0 Å². The van der Waals surface area contributed by atoms with Gasteiger partial charge in [-0.1, -0.05) is 51.2 Å². The van der Waals surface area contributed by atoms with Gasteiger partial charge < -0.3 is 10.2 Å². The summed E-state index contributed by atoms with van der Waals surface area (Å²) in [4.78, 5) is 2.53. The van der Waals surface area contributed by atoms with Gasteiger partial charge in [-0.05, 0) is 18.6 Å². The quantitative estimate of drug-likeness (QED) is 0.722. The fourth-order valence-electron chi connectivity index (χ4n) is 2.66. The first-order chi connectivity index (χ1) is 8.92. The number of hydrogen-bond donors (Lipinski definition) is 1. The standard InChI is InChI=1S/C16H26N2/c1-2-3-4-5-6-9-13-18-14-12-17-15-10-7-8-11-16(15)18/h7-8,10-11,17H,2-6,9,12-14H2,1H3. The number of benzene rings is 1. The number of anilines is 2. The van der Waals surface area contributed by atoms with E-state index in [0.29, 0.717) is 0 Å². The van der Waals surface area contributed by atoms with Crippen LogP contribution in [0.25, 0.3) is 0 Å². The van der Waals surface area contributed by atoms with Crippen molar-refractivity contribution in [3.05, 3.63) is 24.3 Å².